The fourth-order valence-electron chi connectivity index (χ4n) is 3.92. The summed E-state index contributed by atoms with van der Waals surface area (Å²) in [7, 11) is 0. The van der Waals surface area contributed by atoms with Crippen LogP contribution in [0.3, 0.4) is 0 Å². The molecule has 1 aromatic heterocycles. The van der Waals surface area contributed by atoms with Crippen molar-refractivity contribution in [1.29, 1.82) is 0 Å². The molecule has 4 rings (SSSR count). The van der Waals surface area contributed by atoms with Crippen molar-refractivity contribution in [2.75, 3.05) is 11.9 Å². The molecule has 0 bridgehead atoms. The number of aryl methyl sites for hydroxylation is 1. The number of nitrogens with one attached hydrogen (secondary N) is 2. The monoisotopic (exact) mass is 417 g/mol. The second-order valence-electron chi connectivity index (χ2n) is 8.15. The minimum Gasteiger partial charge on any atom is -0.354 e. The summed E-state index contributed by atoms with van der Waals surface area (Å²) in [5.74, 6) is -0.902. The molecule has 160 valence electrons. The number of hydrogen-bond donors (Lipinski definition) is 3. The molecule has 1 saturated heterocycles. The Morgan fingerprint density at radius 1 is 1.23 bits per heavy atom. The number of rotatable bonds is 6. The molecule has 3 aromatic rings. The first kappa shape index (κ1) is 20.8. The summed E-state index contributed by atoms with van der Waals surface area (Å²) in [5, 5.41) is 10.2. The zero-order valence-electron chi connectivity index (χ0n) is 17.8. The third kappa shape index (κ3) is 4.09. The van der Waals surface area contributed by atoms with Gasteiger partial charge in [-0.15, -0.1) is 5.10 Å². The number of carbonyl (C=O) groups excluding carboxylic acids is 2. The van der Waals surface area contributed by atoms with E-state index in [-0.39, 0.29) is 18.4 Å². The second-order valence-corrected chi connectivity index (χ2v) is 8.15. The third-order valence-corrected chi connectivity index (χ3v) is 5.72. The average molecular weight is 418 g/mol. The van der Waals surface area contributed by atoms with E-state index in [0.717, 1.165) is 29.8 Å². The standard InChI is InChI=1S/C24H27N5O2/c1-3-8-16-9-7-10-17(13-16)20-14-21(28-29(20)18-11-5-4-6-12-18)27-22(30)19-15-26-23(31)24(19,2)25/h4-7,9-14,19H,3,8,15,25H2,1-2H3,(H,26,31)(H,27,28,30). The van der Waals surface area contributed by atoms with Crippen LogP contribution in [0.15, 0.2) is 60.7 Å². The van der Waals surface area contributed by atoms with Gasteiger partial charge < -0.3 is 16.4 Å². The number of amides is 2. The van der Waals surface area contributed by atoms with Gasteiger partial charge in [-0.25, -0.2) is 4.68 Å². The largest absolute Gasteiger partial charge is 0.354 e. The Morgan fingerprint density at radius 2 is 2.00 bits per heavy atom. The number of nitrogens with two attached hydrogens (primary N) is 1. The molecule has 1 fully saturated rings. The van der Waals surface area contributed by atoms with E-state index in [1.165, 1.54) is 5.56 Å². The van der Waals surface area contributed by atoms with E-state index in [1.54, 1.807) is 6.92 Å². The smallest absolute Gasteiger partial charge is 0.240 e. The van der Waals surface area contributed by atoms with E-state index in [4.69, 9.17) is 5.73 Å². The summed E-state index contributed by atoms with van der Waals surface area (Å²) < 4.78 is 1.82. The van der Waals surface area contributed by atoms with E-state index in [2.05, 4.69) is 34.8 Å². The van der Waals surface area contributed by atoms with Crippen molar-refractivity contribution in [2.45, 2.75) is 32.2 Å². The number of aromatic nitrogens is 2. The van der Waals surface area contributed by atoms with Crippen molar-refractivity contribution in [1.82, 2.24) is 15.1 Å². The van der Waals surface area contributed by atoms with Crippen molar-refractivity contribution in [3.63, 3.8) is 0 Å². The van der Waals surface area contributed by atoms with Crippen molar-refractivity contribution >= 4 is 17.6 Å². The zero-order chi connectivity index (χ0) is 22.0. The Hall–Kier alpha value is -3.45. The Bertz CT molecular complexity index is 1100. The fourth-order valence-corrected chi connectivity index (χ4v) is 3.92. The average Bonchev–Trinajstić information content (AvgIpc) is 3.29. The Kier molecular flexibility index (Phi) is 5.61. The van der Waals surface area contributed by atoms with E-state index in [0.29, 0.717) is 5.82 Å². The van der Waals surface area contributed by atoms with Crippen LogP contribution in [0.25, 0.3) is 16.9 Å². The highest BCUT2D eigenvalue weighted by Crippen LogP contribution is 2.28. The van der Waals surface area contributed by atoms with Crippen molar-refractivity contribution < 1.29 is 9.59 Å². The maximum absolute atomic E-state index is 12.9. The lowest BCUT2D eigenvalue weighted by molar-refractivity contribution is -0.127. The second kappa shape index (κ2) is 8.35. The van der Waals surface area contributed by atoms with Gasteiger partial charge in [0.15, 0.2) is 5.82 Å². The normalized spacial score (nSPS) is 20.5. The first-order chi connectivity index (χ1) is 14.9. The first-order valence-electron chi connectivity index (χ1n) is 10.5. The summed E-state index contributed by atoms with van der Waals surface area (Å²) in [6.45, 7) is 3.94. The van der Waals surface area contributed by atoms with Crippen LogP contribution in [0.1, 0.15) is 25.8 Å². The minimum absolute atomic E-state index is 0.211. The molecular formula is C24H27N5O2. The molecule has 1 aliphatic rings. The van der Waals surface area contributed by atoms with Crippen LogP contribution >= 0.6 is 0 Å². The highest BCUT2D eigenvalue weighted by Gasteiger charge is 2.47. The molecule has 0 saturated carbocycles. The highest BCUT2D eigenvalue weighted by molar-refractivity contribution is 6.01. The number of benzene rings is 2. The zero-order valence-corrected chi connectivity index (χ0v) is 17.8. The summed E-state index contributed by atoms with van der Waals surface area (Å²) in [4.78, 5) is 24.8. The predicted octanol–water partition coefficient (Wildman–Crippen LogP) is 2.89. The molecule has 0 aliphatic carbocycles. The molecular weight excluding hydrogens is 390 g/mol. The molecule has 2 heterocycles. The molecule has 1 aliphatic heterocycles. The Balaban J connectivity index is 1.70. The van der Waals surface area contributed by atoms with E-state index < -0.39 is 11.5 Å². The third-order valence-electron chi connectivity index (χ3n) is 5.72. The number of anilines is 1. The SMILES string of the molecule is CCCc1cccc(-c2cc(NC(=O)C3CNC(=O)C3(C)N)nn2-c2ccccc2)c1. The van der Waals surface area contributed by atoms with Gasteiger partial charge in [0.2, 0.25) is 11.8 Å². The van der Waals surface area contributed by atoms with Crippen molar-refractivity contribution in [3.05, 3.63) is 66.2 Å². The van der Waals surface area contributed by atoms with Crippen molar-refractivity contribution in [3.8, 4) is 16.9 Å². The van der Waals surface area contributed by atoms with Gasteiger partial charge >= 0.3 is 0 Å². The lowest BCUT2D eigenvalue weighted by Gasteiger charge is -2.21. The quantitative estimate of drug-likeness (QED) is 0.574. The van der Waals surface area contributed by atoms with Gasteiger partial charge in [-0.3, -0.25) is 9.59 Å². The van der Waals surface area contributed by atoms with Crippen LogP contribution in [0.2, 0.25) is 0 Å². The maximum atomic E-state index is 12.9. The van der Waals surface area contributed by atoms with Crippen LogP contribution in [0, 0.1) is 5.92 Å². The summed E-state index contributed by atoms with van der Waals surface area (Å²) in [6.07, 6.45) is 2.06. The van der Waals surface area contributed by atoms with Gasteiger partial charge in [0.1, 0.15) is 5.54 Å². The molecule has 0 spiro atoms. The molecule has 2 unspecified atom stereocenters. The van der Waals surface area contributed by atoms with E-state index >= 15 is 0 Å². The van der Waals surface area contributed by atoms with Crippen LogP contribution in [-0.2, 0) is 16.0 Å². The maximum Gasteiger partial charge on any atom is 0.240 e. The lowest BCUT2D eigenvalue weighted by Crippen LogP contribution is -2.52. The van der Waals surface area contributed by atoms with Gasteiger partial charge in [0.25, 0.3) is 0 Å². The molecule has 2 amide bonds. The molecule has 31 heavy (non-hydrogen) atoms. The first-order valence-corrected chi connectivity index (χ1v) is 10.5. The molecule has 7 nitrogen and oxygen atoms in total. The summed E-state index contributed by atoms with van der Waals surface area (Å²) in [5.41, 5.74) is 8.87. The topological polar surface area (TPSA) is 102 Å². The number of carbonyl (C=O) groups is 2. The lowest BCUT2D eigenvalue weighted by atomic mass is 9.89. The minimum atomic E-state index is -1.25. The van der Waals surface area contributed by atoms with Crippen LogP contribution < -0.4 is 16.4 Å². The predicted molar refractivity (Wildman–Crippen MR) is 121 cm³/mol. The summed E-state index contributed by atoms with van der Waals surface area (Å²) >= 11 is 0. The Morgan fingerprint density at radius 3 is 2.68 bits per heavy atom. The van der Waals surface area contributed by atoms with Crippen molar-refractivity contribution in [2.24, 2.45) is 11.7 Å². The Labute approximate surface area is 181 Å². The van der Waals surface area contributed by atoms with Gasteiger partial charge in [-0.05, 0) is 37.1 Å². The fraction of sp³-hybridized carbons (Fsp3) is 0.292. The molecule has 2 aromatic carbocycles. The van der Waals surface area contributed by atoms with Gasteiger partial charge in [-0.2, -0.15) is 0 Å². The van der Waals surface area contributed by atoms with Gasteiger partial charge in [-0.1, -0.05) is 49.7 Å². The van der Waals surface area contributed by atoms with E-state index in [9.17, 15) is 9.59 Å². The number of nitrogens with zero attached hydrogens (tertiary/aromatic N) is 2. The number of para-hydroxylation sites is 1. The van der Waals surface area contributed by atoms with Crippen LogP contribution in [0.4, 0.5) is 5.82 Å². The van der Waals surface area contributed by atoms with Gasteiger partial charge in [0, 0.05) is 18.2 Å². The van der Waals surface area contributed by atoms with Crippen LogP contribution in [-0.4, -0.2) is 33.7 Å². The molecule has 2 atom stereocenters. The van der Waals surface area contributed by atoms with Gasteiger partial charge in [0.05, 0.1) is 17.3 Å². The highest BCUT2D eigenvalue weighted by atomic mass is 16.2. The molecule has 4 N–H and O–H groups in total. The van der Waals surface area contributed by atoms with Crippen LogP contribution in [0.5, 0.6) is 0 Å². The molecule has 7 heteroatoms. The van der Waals surface area contributed by atoms with E-state index in [1.807, 2.05) is 53.2 Å². The summed E-state index contributed by atoms with van der Waals surface area (Å²) in [6, 6.07) is 20.0. The molecule has 0 radical (unpaired) electrons. The number of hydrogen-bond acceptors (Lipinski definition) is 4.